The lowest BCUT2D eigenvalue weighted by molar-refractivity contribution is 0.459. The molecule has 0 unspecified atom stereocenters. The summed E-state index contributed by atoms with van der Waals surface area (Å²) in [6.45, 7) is 7.44. The number of aryl methyl sites for hydroxylation is 1. The van der Waals surface area contributed by atoms with E-state index in [9.17, 15) is 0 Å². The summed E-state index contributed by atoms with van der Waals surface area (Å²) in [7, 11) is 0. The van der Waals surface area contributed by atoms with Crippen molar-refractivity contribution in [3.05, 3.63) is 59.3 Å². The summed E-state index contributed by atoms with van der Waals surface area (Å²) in [5.41, 5.74) is 2.76. The average Bonchev–Trinajstić information content (AvgIpc) is 2.73. The van der Waals surface area contributed by atoms with Crippen LogP contribution >= 0.6 is 0 Å². The van der Waals surface area contributed by atoms with Crippen LogP contribution in [0.4, 0.5) is 5.82 Å². The molecular weight excluding hydrogens is 348 g/mol. The van der Waals surface area contributed by atoms with E-state index in [-0.39, 0.29) is 0 Å². The molecule has 28 heavy (non-hydrogen) atoms. The second-order valence-corrected chi connectivity index (χ2v) is 7.05. The lowest BCUT2D eigenvalue weighted by atomic mass is 10.1. The molecule has 3 rings (SSSR count). The molecule has 6 nitrogen and oxygen atoms in total. The third-order valence-electron chi connectivity index (χ3n) is 4.85. The van der Waals surface area contributed by atoms with Crippen molar-refractivity contribution in [2.45, 2.75) is 39.3 Å². The van der Waals surface area contributed by atoms with Crippen LogP contribution in [0, 0.1) is 18.3 Å². The number of pyridine rings is 1. The number of guanidine groups is 1. The first-order chi connectivity index (χ1) is 13.7. The first-order valence-electron chi connectivity index (χ1n) is 9.90. The number of nitriles is 1. The molecule has 0 aliphatic carbocycles. The van der Waals surface area contributed by atoms with Gasteiger partial charge in [-0.3, -0.25) is 0 Å². The van der Waals surface area contributed by atoms with E-state index >= 15 is 0 Å². The van der Waals surface area contributed by atoms with Gasteiger partial charge in [0.2, 0.25) is 0 Å². The Kier molecular flexibility index (Phi) is 6.85. The molecule has 2 heterocycles. The van der Waals surface area contributed by atoms with Gasteiger partial charge < -0.3 is 15.5 Å². The maximum absolute atomic E-state index is 9.04. The van der Waals surface area contributed by atoms with Gasteiger partial charge in [-0.2, -0.15) is 5.26 Å². The van der Waals surface area contributed by atoms with Crippen LogP contribution in [0.5, 0.6) is 0 Å². The number of aliphatic imine (C=N–C) groups is 1. The minimum absolute atomic E-state index is 0.393. The van der Waals surface area contributed by atoms with E-state index in [1.54, 1.807) is 0 Å². The van der Waals surface area contributed by atoms with Crippen LogP contribution in [-0.4, -0.2) is 36.6 Å². The summed E-state index contributed by atoms with van der Waals surface area (Å²) in [5, 5.41) is 15.9. The number of hydrogen-bond donors (Lipinski definition) is 2. The van der Waals surface area contributed by atoms with Gasteiger partial charge in [-0.15, -0.1) is 0 Å². The van der Waals surface area contributed by atoms with Crippen LogP contribution in [-0.2, 0) is 6.54 Å². The number of rotatable bonds is 5. The first-order valence-corrected chi connectivity index (χ1v) is 9.90. The number of piperidine rings is 1. The molecule has 1 aromatic carbocycles. The smallest absolute Gasteiger partial charge is 0.191 e. The van der Waals surface area contributed by atoms with E-state index in [1.165, 1.54) is 0 Å². The fourth-order valence-electron chi connectivity index (χ4n) is 3.38. The zero-order valence-electron chi connectivity index (χ0n) is 16.7. The summed E-state index contributed by atoms with van der Waals surface area (Å²) >= 11 is 0. The van der Waals surface area contributed by atoms with Gasteiger partial charge in [0.05, 0.1) is 18.2 Å². The standard InChI is InChI=1S/C22H28N6/c1-3-24-22(25-16-19-8-5-7-18(14-19)15-23)27-20-10-12-28(13-11-20)21-9-4-6-17(2)26-21/h4-9,14,20H,3,10-13,16H2,1-2H3,(H2,24,25,27). The molecule has 1 fully saturated rings. The van der Waals surface area contributed by atoms with Gasteiger partial charge in [-0.1, -0.05) is 18.2 Å². The number of benzene rings is 1. The lowest BCUT2D eigenvalue weighted by Crippen LogP contribution is -2.48. The van der Waals surface area contributed by atoms with Crippen molar-refractivity contribution < 1.29 is 0 Å². The monoisotopic (exact) mass is 376 g/mol. The van der Waals surface area contributed by atoms with Crippen LogP contribution in [0.25, 0.3) is 0 Å². The van der Waals surface area contributed by atoms with Gasteiger partial charge in [-0.25, -0.2) is 9.98 Å². The van der Waals surface area contributed by atoms with Crippen LogP contribution in [0.15, 0.2) is 47.5 Å². The topological polar surface area (TPSA) is 76.3 Å². The molecule has 0 radical (unpaired) electrons. The summed E-state index contributed by atoms with van der Waals surface area (Å²) in [6.07, 6.45) is 2.09. The third kappa shape index (κ3) is 5.46. The second kappa shape index (κ2) is 9.75. The van der Waals surface area contributed by atoms with Crippen molar-refractivity contribution in [1.29, 1.82) is 5.26 Å². The molecule has 1 aliphatic rings. The van der Waals surface area contributed by atoms with Crippen LogP contribution in [0.1, 0.15) is 36.6 Å². The zero-order valence-corrected chi connectivity index (χ0v) is 16.7. The van der Waals surface area contributed by atoms with E-state index in [2.05, 4.69) is 45.6 Å². The van der Waals surface area contributed by atoms with Gasteiger partial charge in [0.25, 0.3) is 0 Å². The van der Waals surface area contributed by atoms with Gasteiger partial charge >= 0.3 is 0 Å². The predicted molar refractivity (Wildman–Crippen MR) is 113 cm³/mol. The highest BCUT2D eigenvalue weighted by atomic mass is 15.2. The van der Waals surface area contributed by atoms with Crippen molar-refractivity contribution >= 4 is 11.8 Å². The zero-order chi connectivity index (χ0) is 19.8. The summed E-state index contributed by atoms with van der Waals surface area (Å²) in [4.78, 5) is 11.7. The van der Waals surface area contributed by atoms with Gasteiger partial charge in [0, 0.05) is 31.4 Å². The Balaban J connectivity index is 1.56. The Morgan fingerprint density at radius 1 is 1.25 bits per heavy atom. The Morgan fingerprint density at radius 3 is 2.75 bits per heavy atom. The molecular formula is C22H28N6. The maximum Gasteiger partial charge on any atom is 0.191 e. The van der Waals surface area contributed by atoms with Gasteiger partial charge in [0.15, 0.2) is 5.96 Å². The lowest BCUT2D eigenvalue weighted by Gasteiger charge is -2.34. The maximum atomic E-state index is 9.04. The molecule has 0 amide bonds. The van der Waals surface area contributed by atoms with E-state index in [0.29, 0.717) is 18.2 Å². The fraction of sp³-hybridized carbons (Fsp3) is 0.409. The quantitative estimate of drug-likeness (QED) is 0.620. The second-order valence-electron chi connectivity index (χ2n) is 7.05. The molecule has 0 bridgehead atoms. The van der Waals surface area contributed by atoms with Crippen LogP contribution < -0.4 is 15.5 Å². The molecule has 0 saturated carbocycles. The van der Waals surface area contributed by atoms with Crippen molar-refractivity contribution in [2.24, 2.45) is 4.99 Å². The van der Waals surface area contributed by atoms with Crippen LogP contribution in [0.2, 0.25) is 0 Å². The Morgan fingerprint density at radius 2 is 2.04 bits per heavy atom. The molecule has 2 aromatic rings. The minimum Gasteiger partial charge on any atom is -0.357 e. The highest BCUT2D eigenvalue weighted by Crippen LogP contribution is 2.18. The molecule has 1 aromatic heterocycles. The van der Waals surface area contributed by atoms with E-state index in [4.69, 9.17) is 10.3 Å². The van der Waals surface area contributed by atoms with E-state index < -0.39 is 0 Å². The van der Waals surface area contributed by atoms with Gasteiger partial charge in [-0.05, 0) is 56.5 Å². The van der Waals surface area contributed by atoms with Crippen molar-refractivity contribution in [2.75, 3.05) is 24.5 Å². The molecule has 6 heteroatoms. The SMILES string of the molecule is CCNC(=NCc1cccc(C#N)c1)NC1CCN(c2cccc(C)n2)CC1. The van der Waals surface area contributed by atoms with E-state index in [0.717, 1.165) is 55.5 Å². The molecule has 1 saturated heterocycles. The van der Waals surface area contributed by atoms with Crippen LogP contribution in [0.3, 0.4) is 0 Å². The molecule has 0 spiro atoms. The minimum atomic E-state index is 0.393. The largest absolute Gasteiger partial charge is 0.357 e. The Bertz CT molecular complexity index is 846. The highest BCUT2D eigenvalue weighted by molar-refractivity contribution is 5.80. The molecule has 1 aliphatic heterocycles. The highest BCUT2D eigenvalue weighted by Gasteiger charge is 2.20. The summed E-state index contributed by atoms with van der Waals surface area (Å²) < 4.78 is 0. The van der Waals surface area contributed by atoms with Crippen molar-refractivity contribution in [3.8, 4) is 6.07 Å². The van der Waals surface area contributed by atoms with Crippen molar-refractivity contribution in [3.63, 3.8) is 0 Å². The summed E-state index contributed by atoms with van der Waals surface area (Å²) in [5.74, 6) is 1.90. The number of hydrogen-bond acceptors (Lipinski definition) is 4. The number of aromatic nitrogens is 1. The predicted octanol–water partition coefficient (Wildman–Crippen LogP) is 2.99. The first kappa shape index (κ1) is 19.7. The van der Waals surface area contributed by atoms with Gasteiger partial charge in [0.1, 0.15) is 5.82 Å². The number of anilines is 1. The molecule has 0 atom stereocenters. The average molecular weight is 377 g/mol. The Labute approximate surface area is 167 Å². The van der Waals surface area contributed by atoms with Crippen molar-refractivity contribution in [1.82, 2.24) is 15.6 Å². The fourth-order valence-corrected chi connectivity index (χ4v) is 3.38. The molecule has 146 valence electrons. The Hall–Kier alpha value is -3.07. The number of nitrogens with zero attached hydrogens (tertiary/aromatic N) is 4. The summed E-state index contributed by atoms with van der Waals surface area (Å²) in [6, 6.07) is 16.4. The van der Waals surface area contributed by atoms with E-state index in [1.807, 2.05) is 37.3 Å². The third-order valence-corrected chi connectivity index (χ3v) is 4.85. The normalized spacial score (nSPS) is 15.2. The number of nitrogens with one attached hydrogen (secondary N) is 2. The molecule has 2 N–H and O–H groups in total.